The third-order valence-corrected chi connectivity index (χ3v) is 5.71. The predicted molar refractivity (Wildman–Crippen MR) is 96.4 cm³/mol. The summed E-state index contributed by atoms with van der Waals surface area (Å²) in [6, 6.07) is 2.79. The number of hydrogen-bond donors (Lipinski definition) is 1. The first-order valence-electron chi connectivity index (χ1n) is 7.84. The minimum absolute atomic E-state index is 0.0676. The van der Waals surface area contributed by atoms with Crippen LogP contribution in [0.25, 0.3) is 22.3 Å². The van der Waals surface area contributed by atoms with Crippen LogP contribution in [0.1, 0.15) is 10.4 Å². The first kappa shape index (κ1) is 16.0. The molecular weight excluding hydrogens is 345 g/mol. The molecule has 0 radical (unpaired) electrons. The van der Waals surface area contributed by atoms with Gasteiger partial charge in [-0.15, -0.1) is 0 Å². The molecule has 1 fully saturated rings. The Bertz CT molecular complexity index is 1110. The molecule has 4 rings (SSSR count). The van der Waals surface area contributed by atoms with E-state index in [2.05, 4.69) is 11.5 Å². The molecule has 130 valence electrons. The molecular formula is C17H16FN3O3S. The molecule has 1 saturated heterocycles. The van der Waals surface area contributed by atoms with Crippen LogP contribution in [0.4, 0.5) is 10.1 Å². The summed E-state index contributed by atoms with van der Waals surface area (Å²) in [4.78, 5) is 28.5. The summed E-state index contributed by atoms with van der Waals surface area (Å²) in [6.07, 6.45) is 0. The van der Waals surface area contributed by atoms with Gasteiger partial charge < -0.3 is 14.9 Å². The highest BCUT2D eigenvalue weighted by molar-refractivity contribution is 7.17. The van der Waals surface area contributed by atoms with Crippen molar-refractivity contribution in [3.05, 3.63) is 38.4 Å². The molecule has 8 heteroatoms. The molecule has 0 aliphatic carbocycles. The number of halogens is 1. The van der Waals surface area contributed by atoms with Gasteiger partial charge in [-0.1, -0.05) is 17.9 Å². The molecule has 1 aliphatic rings. The third kappa shape index (κ3) is 2.32. The maximum absolute atomic E-state index is 14.7. The number of rotatable bonds is 2. The zero-order valence-electron chi connectivity index (χ0n) is 13.6. The Morgan fingerprint density at radius 3 is 2.56 bits per heavy atom. The number of pyridine rings is 1. The Labute approximate surface area is 146 Å². The van der Waals surface area contributed by atoms with Crippen molar-refractivity contribution in [3.63, 3.8) is 0 Å². The minimum Gasteiger partial charge on any atom is -0.477 e. The predicted octanol–water partition coefficient (Wildman–Crippen LogP) is 1.23. The summed E-state index contributed by atoms with van der Waals surface area (Å²) < 4.78 is 16.9. The van der Waals surface area contributed by atoms with Crippen molar-refractivity contribution in [3.8, 4) is 0 Å². The lowest BCUT2D eigenvalue weighted by atomic mass is 10.1. The Balaban J connectivity index is 1.99. The van der Waals surface area contributed by atoms with E-state index in [4.69, 9.17) is 0 Å². The highest BCUT2D eigenvalue weighted by Crippen LogP contribution is 2.28. The highest BCUT2D eigenvalue weighted by atomic mass is 32.1. The largest absolute Gasteiger partial charge is 0.477 e. The molecule has 3 heterocycles. The summed E-state index contributed by atoms with van der Waals surface area (Å²) in [5.41, 5.74) is -0.0409. The van der Waals surface area contributed by atoms with Crippen molar-refractivity contribution < 1.29 is 14.3 Å². The van der Waals surface area contributed by atoms with Crippen LogP contribution >= 0.6 is 11.3 Å². The first-order valence-corrected chi connectivity index (χ1v) is 8.66. The van der Waals surface area contributed by atoms with Crippen molar-refractivity contribution in [2.75, 3.05) is 38.1 Å². The van der Waals surface area contributed by atoms with Gasteiger partial charge in [-0.2, -0.15) is 0 Å². The molecule has 0 spiro atoms. The average Bonchev–Trinajstić information content (AvgIpc) is 2.55. The topological polar surface area (TPSA) is 65.3 Å². The summed E-state index contributed by atoms with van der Waals surface area (Å²) in [5, 5.41) is 9.41. The van der Waals surface area contributed by atoms with Gasteiger partial charge in [0.1, 0.15) is 16.2 Å². The SMILES string of the molecule is C=c1sc2c(C(=O)O)c(=O)c3cc(F)c(N4CCN(C)CC4)cc3n12. The van der Waals surface area contributed by atoms with Crippen LogP contribution in [-0.2, 0) is 0 Å². The van der Waals surface area contributed by atoms with Gasteiger partial charge in [-0.3, -0.25) is 9.20 Å². The molecule has 1 N–H and O–H groups in total. The van der Waals surface area contributed by atoms with E-state index in [1.807, 2.05) is 11.9 Å². The number of nitrogens with zero attached hydrogens (tertiary/aromatic N) is 3. The van der Waals surface area contributed by atoms with E-state index in [0.717, 1.165) is 30.5 Å². The summed E-state index contributed by atoms with van der Waals surface area (Å²) in [7, 11) is 2.02. The van der Waals surface area contributed by atoms with Crippen LogP contribution in [0, 0.1) is 5.82 Å². The quantitative estimate of drug-likeness (QED) is 0.744. The van der Waals surface area contributed by atoms with Crippen LogP contribution in [0.5, 0.6) is 0 Å². The van der Waals surface area contributed by atoms with E-state index in [-0.39, 0.29) is 10.9 Å². The number of anilines is 1. The number of carboxylic acids is 1. The van der Waals surface area contributed by atoms with Crippen molar-refractivity contribution in [1.29, 1.82) is 0 Å². The normalized spacial score (nSPS) is 16.2. The molecule has 0 atom stereocenters. The van der Waals surface area contributed by atoms with Crippen LogP contribution in [0.2, 0.25) is 0 Å². The summed E-state index contributed by atoms with van der Waals surface area (Å²) >= 11 is 1.16. The molecule has 0 bridgehead atoms. The Kier molecular flexibility index (Phi) is 3.55. The molecule has 0 amide bonds. The first-order chi connectivity index (χ1) is 11.9. The van der Waals surface area contributed by atoms with Gasteiger partial charge in [0.05, 0.1) is 21.3 Å². The number of carboxylic acid groups (broad SMARTS) is 1. The monoisotopic (exact) mass is 361 g/mol. The average molecular weight is 361 g/mol. The Morgan fingerprint density at radius 1 is 1.28 bits per heavy atom. The maximum atomic E-state index is 14.7. The molecule has 2 aromatic heterocycles. The van der Waals surface area contributed by atoms with E-state index in [1.165, 1.54) is 0 Å². The fraction of sp³-hybridized carbons (Fsp3) is 0.294. The lowest BCUT2D eigenvalue weighted by Gasteiger charge is -2.34. The lowest BCUT2D eigenvalue weighted by Crippen LogP contribution is -2.44. The van der Waals surface area contributed by atoms with E-state index >= 15 is 0 Å². The number of benzene rings is 1. The van der Waals surface area contributed by atoms with Crippen molar-refractivity contribution in [2.45, 2.75) is 0 Å². The molecule has 3 aromatic rings. The smallest absolute Gasteiger partial charge is 0.342 e. The number of piperazine rings is 1. The van der Waals surface area contributed by atoms with Crippen LogP contribution in [-0.4, -0.2) is 53.6 Å². The van der Waals surface area contributed by atoms with Gasteiger partial charge >= 0.3 is 5.97 Å². The number of fused-ring (bicyclic) bond motifs is 3. The fourth-order valence-electron chi connectivity index (χ4n) is 3.31. The molecule has 0 saturated carbocycles. The molecule has 25 heavy (non-hydrogen) atoms. The molecule has 0 unspecified atom stereocenters. The molecule has 6 nitrogen and oxygen atoms in total. The Morgan fingerprint density at radius 2 is 1.96 bits per heavy atom. The number of hydrogen-bond acceptors (Lipinski definition) is 5. The zero-order chi connectivity index (χ0) is 17.9. The van der Waals surface area contributed by atoms with Crippen molar-refractivity contribution in [1.82, 2.24) is 9.30 Å². The fourth-order valence-corrected chi connectivity index (χ4v) is 4.27. The zero-order valence-corrected chi connectivity index (χ0v) is 14.4. The van der Waals surface area contributed by atoms with Crippen molar-refractivity contribution >= 4 is 45.3 Å². The van der Waals surface area contributed by atoms with Gasteiger partial charge in [0.25, 0.3) is 0 Å². The van der Waals surface area contributed by atoms with Gasteiger partial charge in [0.15, 0.2) is 0 Å². The van der Waals surface area contributed by atoms with Gasteiger partial charge in [-0.05, 0) is 19.2 Å². The minimum atomic E-state index is -1.31. The summed E-state index contributed by atoms with van der Waals surface area (Å²) in [5.74, 6) is -1.82. The maximum Gasteiger partial charge on any atom is 0.342 e. The summed E-state index contributed by atoms with van der Waals surface area (Å²) in [6.45, 7) is 6.92. The van der Waals surface area contributed by atoms with E-state index in [1.54, 1.807) is 10.5 Å². The second-order valence-electron chi connectivity index (χ2n) is 6.26. The van der Waals surface area contributed by atoms with E-state index in [0.29, 0.717) is 33.8 Å². The van der Waals surface area contributed by atoms with Crippen LogP contribution in [0.3, 0.4) is 0 Å². The Hall–Kier alpha value is -2.45. The second-order valence-corrected chi connectivity index (χ2v) is 7.32. The number of aromatic nitrogens is 1. The van der Waals surface area contributed by atoms with Gasteiger partial charge in [0.2, 0.25) is 5.43 Å². The van der Waals surface area contributed by atoms with Crippen LogP contribution < -0.4 is 15.0 Å². The standard InChI is InChI=1S/C17H16FN3O3S/c1-9-21-12-8-13(20-5-3-19(2)4-6-20)11(18)7-10(12)15(22)14(17(23)24)16(21)25-9/h7-8H,1,3-6H2,2H3,(H,23,24). The highest BCUT2D eigenvalue weighted by Gasteiger charge is 2.24. The van der Waals surface area contributed by atoms with E-state index < -0.39 is 17.2 Å². The van der Waals surface area contributed by atoms with Crippen molar-refractivity contribution in [2.24, 2.45) is 0 Å². The lowest BCUT2D eigenvalue weighted by molar-refractivity contribution is 0.0697. The van der Waals surface area contributed by atoms with Gasteiger partial charge in [0, 0.05) is 26.2 Å². The number of carbonyl (C=O) groups is 1. The molecule has 1 aromatic carbocycles. The van der Waals surface area contributed by atoms with E-state index in [9.17, 15) is 19.1 Å². The molecule has 1 aliphatic heterocycles. The number of aromatic carboxylic acids is 1. The van der Waals surface area contributed by atoms with Crippen LogP contribution in [0.15, 0.2) is 16.9 Å². The number of likely N-dealkylation sites (N-methyl/N-ethyl adjacent to an activating group) is 1. The van der Waals surface area contributed by atoms with Gasteiger partial charge in [-0.25, -0.2) is 9.18 Å². The second kappa shape index (κ2) is 5.53. The third-order valence-electron chi connectivity index (χ3n) is 4.72.